The third-order valence-corrected chi connectivity index (χ3v) is 2.72. The molecular weight excluding hydrogens is 206 g/mol. The molecule has 0 bridgehead atoms. The van der Waals surface area contributed by atoms with Crippen LogP contribution in [0.5, 0.6) is 0 Å². The second kappa shape index (κ2) is 5.61. The van der Waals surface area contributed by atoms with Gasteiger partial charge >= 0.3 is 0 Å². The zero-order valence-corrected chi connectivity index (χ0v) is 10.5. The van der Waals surface area contributed by atoms with Crippen molar-refractivity contribution in [2.75, 3.05) is 46.3 Å². The summed E-state index contributed by atoms with van der Waals surface area (Å²) >= 11 is 0. The van der Waals surface area contributed by atoms with E-state index in [0.29, 0.717) is 13.1 Å². The van der Waals surface area contributed by atoms with E-state index in [1.54, 1.807) is 7.05 Å². The lowest BCUT2D eigenvalue weighted by Gasteiger charge is -2.36. The molecule has 0 atom stereocenters. The number of carbonyl (C=O) groups is 1. The molecule has 0 spiro atoms. The van der Waals surface area contributed by atoms with Gasteiger partial charge in [0.15, 0.2) is 0 Å². The van der Waals surface area contributed by atoms with Gasteiger partial charge in [0.05, 0.1) is 12.1 Å². The maximum atomic E-state index is 11.2. The van der Waals surface area contributed by atoms with E-state index in [1.807, 2.05) is 13.8 Å². The number of β-amino-alcohol motifs (C(OH)–C–C–N with tert-alkyl or cyclic N) is 1. The van der Waals surface area contributed by atoms with Gasteiger partial charge in [-0.1, -0.05) is 0 Å². The van der Waals surface area contributed by atoms with Gasteiger partial charge in [0.1, 0.15) is 0 Å². The number of hydrogen-bond donors (Lipinski definition) is 2. The maximum absolute atomic E-state index is 11.2. The second-order valence-corrected chi connectivity index (χ2v) is 5.04. The van der Waals surface area contributed by atoms with E-state index in [-0.39, 0.29) is 5.91 Å². The molecule has 0 aromatic rings. The molecule has 5 heteroatoms. The van der Waals surface area contributed by atoms with Crippen LogP contribution in [0.15, 0.2) is 0 Å². The normalized spacial score (nSPS) is 19.8. The molecular formula is C11H23N3O2. The first-order valence-corrected chi connectivity index (χ1v) is 5.78. The molecule has 0 radical (unpaired) electrons. The average Bonchev–Trinajstić information content (AvgIpc) is 2.18. The van der Waals surface area contributed by atoms with Crippen molar-refractivity contribution >= 4 is 5.91 Å². The standard InChI is InChI=1S/C11H23N3O2/c1-11(2,16)9-14-6-4-13(5-7-14)8-10(15)12-3/h16H,4-9H2,1-3H3,(H,12,15). The third-order valence-electron chi connectivity index (χ3n) is 2.72. The van der Waals surface area contributed by atoms with Gasteiger partial charge in [-0.3, -0.25) is 14.6 Å². The van der Waals surface area contributed by atoms with Crippen LogP contribution < -0.4 is 5.32 Å². The number of likely N-dealkylation sites (N-methyl/N-ethyl adjacent to an activating group) is 1. The average molecular weight is 229 g/mol. The van der Waals surface area contributed by atoms with Gasteiger partial charge in [-0.05, 0) is 13.8 Å². The number of nitrogens with zero attached hydrogens (tertiary/aromatic N) is 2. The molecule has 0 aliphatic carbocycles. The van der Waals surface area contributed by atoms with E-state index in [2.05, 4.69) is 15.1 Å². The SMILES string of the molecule is CNC(=O)CN1CCN(CC(C)(C)O)CC1. The van der Waals surface area contributed by atoms with Crippen LogP contribution in [-0.2, 0) is 4.79 Å². The highest BCUT2D eigenvalue weighted by molar-refractivity contribution is 5.77. The number of amides is 1. The third kappa shape index (κ3) is 4.92. The van der Waals surface area contributed by atoms with Crippen molar-refractivity contribution in [2.24, 2.45) is 0 Å². The number of aliphatic hydroxyl groups is 1. The molecule has 5 nitrogen and oxygen atoms in total. The summed E-state index contributed by atoms with van der Waals surface area (Å²) in [5, 5.41) is 12.3. The summed E-state index contributed by atoms with van der Waals surface area (Å²) in [5.41, 5.74) is -0.636. The summed E-state index contributed by atoms with van der Waals surface area (Å²) in [6.07, 6.45) is 0. The van der Waals surface area contributed by atoms with Gasteiger partial charge in [0.2, 0.25) is 5.91 Å². The molecule has 0 unspecified atom stereocenters. The van der Waals surface area contributed by atoms with Crippen molar-refractivity contribution in [1.82, 2.24) is 15.1 Å². The van der Waals surface area contributed by atoms with Gasteiger partial charge in [-0.15, -0.1) is 0 Å². The molecule has 1 fully saturated rings. The lowest BCUT2D eigenvalue weighted by Crippen LogP contribution is -2.52. The Bertz CT molecular complexity index is 230. The second-order valence-electron chi connectivity index (χ2n) is 5.04. The Balaban J connectivity index is 2.26. The minimum Gasteiger partial charge on any atom is -0.389 e. The predicted octanol–water partition coefficient (Wildman–Crippen LogP) is -0.879. The lowest BCUT2D eigenvalue weighted by atomic mass is 10.1. The van der Waals surface area contributed by atoms with Crippen LogP contribution in [0.4, 0.5) is 0 Å². The Labute approximate surface area is 97.4 Å². The fourth-order valence-electron chi connectivity index (χ4n) is 1.93. The highest BCUT2D eigenvalue weighted by Crippen LogP contribution is 2.08. The maximum Gasteiger partial charge on any atom is 0.233 e. The Morgan fingerprint density at radius 2 is 1.75 bits per heavy atom. The highest BCUT2D eigenvalue weighted by atomic mass is 16.3. The van der Waals surface area contributed by atoms with Gasteiger partial charge in [0, 0.05) is 39.8 Å². The van der Waals surface area contributed by atoms with E-state index in [4.69, 9.17) is 0 Å². The van der Waals surface area contributed by atoms with Crippen LogP contribution >= 0.6 is 0 Å². The fraction of sp³-hybridized carbons (Fsp3) is 0.909. The molecule has 1 aliphatic heterocycles. The van der Waals surface area contributed by atoms with E-state index in [1.165, 1.54) is 0 Å². The topological polar surface area (TPSA) is 55.8 Å². The molecule has 1 amide bonds. The zero-order chi connectivity index (χ0) is 12.2. The number of nitrogens with one attached hydrogen (secondary N) is 1. The van der Waals surface area contributed by atoms with Crippen LogP contribution in [0.2, 0.25) is 0 Å². The Morgan fingerprint density at radius 3 is 2.19 bits per heavy atom. The molecule has 94 valence electrons. The number of rotatable bonds is 4. The summed E-state index contributed by atoms with van der Waals surface area (Å²) in [6, 6.07) is 0. The Kier molecular flexibility index (Phi) is 4.70. The van der Waals surface area contributed by atoms with Crippen molar-refractivity contribution < 1.29 is 9.90 Å². The Morgan fingerprint density at radius 1 is 1.25 bits per heavy atom. The summed E-state index contributed by atoms with van der Waals surface area (Å²) in [5.74, 6) is 0.0657. The van der Waals surface area contributed by atoms with Crippen molar-refractivity contribution in [3.05, 3.63) is 0 Å². The monoisotopic (exact) mass is 229 g/mol. The van der Waals surface area contributed by atoms with Crippen LogP contribution in [-0.4, -0.2) is 72.7 Å². The van der Waals surface area contributed by atoms with E-state index in [0.717, 1.165) is 26.2 Å². The molecule has 1 saturated heterocycles. The fourth-order valence-corrected chi connectivity index (χ4v) is 1.93. The minimum absolute atomic E-state index is 0.0657. The van der Waals surface area contributed by atoms with Crippen molar-refractivity contribution in [3.63, 3.8) is 0 Å². The minimum atomic E-state index is -0.636. The van der Waals surface area contributed by atoms with Crippen LogP contribution in [0.25, 0.3) is 0 Å². The molecule has 0 aromatic carbocycles. The molecule has 0 aromatic heterocycles. The van der Waals surface area contributed by atoms with E-state index in [9.17, 15) is 9.90 Å². The van der Waals surface area contributed by atoms with Gasteiger partial charge in [0.25, 0.3) is 0 Å². The summed E-state index contributed by atoms with van der Waals surface area (Å²) < 4.78 is 0. The number of carbonyl (C=O) groups excluding carboxylic acids is 1. The first kappa shape index (κ1) is 13.4. The van der Waals surface area contributed by atoms with E-state index < -0.39 is 5.60 Å². The lowest BCUT2D eigenvalue weighted by molar-refractivity contribution is -0.122. The van der Waals surface area contributed by atoms with Crippen molar-refractivity contribution in [3.8, 4) is 0 Å². The first-order valence-electron chi connectivity index (χ1n) is 5.78. The van der Waals surface area contributed by atoms with Crippen LogP contribution in [0.1, 0.15) is 13.8 Å². The van der Waals surface area contributed by atoms with Gasteiger partial charge in [-0.2, -0.15) is 0 Å². The Hall–Kier alpha value is -0.650. The largest absolute Gasteiger partial charge is 0.389 e. The molecule has 1 aliphatic rings. The highest BCUT2D eigenvalue weighted by Gasteiger charge is 2.23. The predicted molar refractivity (Wildman–Crippen MR) is 63.2 cm³/mol. The van der Waals surface area contributed by atoms with E-state index >= 15 is 0 Å². The molecule has 1 rings (SSSR count). The van der Waals surface area contributed by atoms with Crippen molar-refractivity contribution in [2.45, 2.75) is 19.4 Å². The quantitative estimate of drug-likeness (QED) is 0.657. The number of piperazine rings is 1. The summed E-state index contributed by atoms with van der Waals surface area (Å²) in [6.45, 7) is 8.44. The zero-order valence-electron chi connectivity index (χ0n) is 10.5. The summed E-state index contributed by atoms with van der Waals surface area (Å²) in [4.78, 5) is 15.6. The summed E-state index contributed by atoms with van der Waals surface area (Å²) in [7, 11) is 1.66. The molecule has 16 heavy (non-hydrogen) atoms. The smallest absolute Gasteiger partial charge is 0.233 e. The first-order chi connectivity index (χ1) is 7.40. The van der Waals surface area contributed by atoms with Gasteiger partial charge < -0.3 is 10.4 Å². The number of hydrogen-bond acceptors (Lipinski definition) is 4. The molecule has 0 saturated carbocycles. The molecule has 1 heterocycles. The van der Waals surface area contributed by atoms with Gasteiger partial charge in [-0.25, -0.2) is 0 Å². The molecule has 2 N–H and O–H groups in total. The van der Waals surface area contributed by atoms with Crippen LogP contribution in [0, 0.1) is 0 Å². The van der Waals surface area contributed by atoms with Crippen LogP contribution in [0.3, 0.4) is 0 Å². The van der Waals surface area contributed by atoms with Crippen molar-refractivity contribution in [1.29, 1.82) is 0 Å².